The second kappa shape index (κ2) is 11.7. The highest BCUT2D eigenvalue weighted by Crippen LogP contribution is 2.22. The van der Waals surface area contributed by atoms with E-state index in [0.29, 0.717) is 28.1 Å². The molecule has 0 fully saturated rings. The molecule has 0 saturated carbocycles. The van der Waals surface area contributed by atoms with Crippen molar-refractivity contribution in [2.45, 2.75) is 37.6 Å². The third-order valence-corrected chi connectivity index (χ3v) is 6.13. The first-order valence-corrected chi connectivity index (χ1v) is 11.8. The van der Waals surface area contributed by atoms with Gasteiger partial charge in [0.25, 0.3) is 5.91 Å². The van der Waals surface area contributed by atoms with Gasteiger partial charge in [-0.25, -0.2) is 0 Å². The Hall–Kier alpha value is -3.10. The lowest BCUT2D eigenvalue weighted by Crippen LogP contribution is -2.29. The van der Waals surface area contributed by atoms with Crippen LogP contribution in [-0.4, -0.2) is 32.3 Å². The van der Waals surface area contributed by atoms with Crippen LogP contribution < -0.4 is 10.6 Å². The molecule has 3 aromatic rings. The van der Waals surface area contributed by atoms with Gasteiger partial charge < -0.3 is 15.2 Å². The van der Waals surface area contributed by atoms with E-state index >= 15 is 0 Å². The molecule has 9 heteroatoms. The van der Waals surface area contributed by atoms with E-state index in [1.807, 2.05) is 48.7 Å². The number of carbonyl (C=O) groups excluding carboxylic acids is 2. The molecule has 7 nitrogen and oxygen atoms in total. The number of hydrogen-bond donors (Lipinski definition) is 2. The fourth-order valence-electron chi connectivity index (χ4n) is 3.21. The minimum absolute atomic E-state index is 0.0935. The van der Waals surface area contributed by atoms with E-state index in [-0.39, 0.29) is 23.6 Å². The zero-order valence-electron chi connectivity index (χ0n) is 18.5. The number of nitrogens with one attached hydrogen (secondary N) is 2. The SMILES string of the molecule is C=CCn1c(SCC(=O)N[C@H](C)c2ccccc2)nnc1[C@@H](C)NC(=O)c1ccc(Cl)cc1. The molecule has 0 spiro atoms. The number of rotatable bonds is 10. The molecule has 2 atom stereocenters. The minimum Gasteiger partial charge on any atom is -0.349 e. The largest absolute Gasteiger partial charge is 0.349 e. The van der Waals surface area contributed by atoms with Crippen molar-refractivity contribution in [2.75, 3.05) is 5.75 Å². The lowest BCUT2D eigenvalue weighted by molar-refractivity contribution is -0.119. The smallest absolute Gasteiger partial charge is 0.251 e. The number of benzene rings is 2. The van der Waals surface area contributed by atoms with Gasteiger partial charge in [0.15, 0.2) is 11.0 Å². The Labute approximate surface area is 202 Å². The summed E-state index contributed by atoms with van der Waals surface area (Å²) in [6, 6.07) is 15.9. The van der Waals surface area contributed by atoms with Gasteiger partial charge in [-0.1, -0.05) is 59.8 Å². The van der Waals surface area contributed by atoms with Gasteiger partial charge in [0, 0.05) is 17.1 Å². The summed E-state index contributed by atoms with van der Waals surface area (Å²) in [5.41, 5.74) is 1.54. The van der Waals surface area contributed by atoms with Crippen molar-refractivity contribution in [3.8, 4) is 0 Å². The molecule has 0 radical (unpaired) electrons. The molecule has 2 aromatic carbocycles. The summed E-state index contributed by atoms with van der Waals surface area (Å²) in [4.78, 5) is 25.0. The van der Waals surface area contributed by atoms with E-state index in [0.717, 1.165) is 5.56 Å². The molecular weight excluding hydrogens is 458 g/mol. The summed E-state index contributed by atoms with van der Waals surface area (Å²) in [5.74, 6) is 0.432. The molecule has 3 rings (SSSR count). The van der Waals surface area contributed by atoms with Crippen LogP contribution in [0.3, 0.4) is 0 Å². The number of allylic oxidation sites excluding steroid dienone is 1. The number of aromatic nitrogens is 3. The van der Waals surface area contributed by atoms with Crippen molar-refractivity contribution in [3.63, 3.8) is 0 Å². The molecule has 2 amide bonds. The topological polar surface area (TPSA) is 88.9 Å². The van der Waals surface area contributed by atoms with Crippen molar-refractivity contribution in [2.24, 2.45) is 0 Å². The molecule has 2 N–H and O–H groups in total. The monoisotopic (exact) mass is 483 g/mol. The van der Waals surface area contributed by atoms with Crippen molar-refractivity contribution >= 4 is 35.2 Å². The molecule has 0 unspecified atom stereocenters. The number of carbonyl (C=O) groups is 2. The van der Waals surface area contributed by atoms with E-state index < -0.39 is 6.04 Å². The Morgan fingerprint density at radius 1 is 1.06 bits per heavy atom. The average Bonchev–Trinajstić information content (AvgIpc) is 3.21. The molecule has 0 saturated heterocycles. The van der Waals surface area contributed by atoms with Crippen LogP contribution in [0.5, 0.6) is 0 Å². The second-order valence-corrected chi connectivity index (χ2v) is 8.81. The Kier molecular flexibility index (Phi) is 8.68. The molecule has 1 aromatic heterocycles. The van der Waals surface area contributed by atoms with E-state index in [2.05, 4.69) is 27.4 Å². The van der Waals surface area contributed by atoms with Gasteiger partial charge in [0.05, 0.1) is 17.8 Å². The minimum atomic E-state index is -0.401. The summed E-state index contributed by atoms with van der Waals surface area (Å²) in [6.07, 6.45) is 1.72. The van der Waals surface area contributed by atoms with Gasteiger partial charge in [0.1, 0.15) is 0 Å². The molecular formula is C24H26ClN5O2S. The van der Waals surface area contributed by atoms with E-state index in [4.69, 9.17) is 11.6 Å². The summed E-state index contributed by atoms with van der Waals surface area (Å²) in [6.45, 7) is 8.03. The first kappa shape index (κ1) is 24.5. The Bertz CT molecular complexity index is 1100. The van der Waals surface area contributed by atoms with Crippen LogP contribution in [0.15, 0.2) is 72.4 Å². The van der Waals surface area contributed by atoms with Crippen LogP contribution in [-0.2, 0) is 11.3 Å². The van der Waals surface area contributed by atoms with Crippen LogP contribution in [0.2, 0.25) is 5.02 Å². The maximum absolute atomic E-state index is 12.6. The first-order valence-electron chi connectivity index (χ1n) is 10.5. The second-order valence-electron chi connectivity index (χ2n) is 7.43. The summed E-state index contributed by atoms with van der Waals surface area (Å²) >= 11 is 7.18. The lowest BCUT2D eigenvalue weighted by Gasteiger charge is -2.16. The molecule has 0 aliphatic carbocycles. The van der Waals surface area contributed by atoms with Gasteiger partial charge in [-0.3, -0.25) is 9.59 Å². The molecule has 1 heterocycles. The van der Waals surface area contributed by atoms with Crippen LogP contribution in [0, 0.1) is 0 Å². The predicted octanol–water partition coefficient (Wildman–Crippen LogP) is 4.58. The van der Waals surface area contributed by atoms with Crippen LogP contribution in [0.1, 0.15) is 47.7 Å². The van der Waals surface area contributed by atoms with Crippen LogP contribution in [0.4, 0.5) is 0 Å². The fraction of sp³-hybridized carbons (Fsp3) is 0.250. The molecule has 172 valence electrons. The summed E-state index contributed by atoms with van der Waals surface area (Å²) in [5, 5.41) is 15.6. The number of nitrogens with zero attached hydrogens (tertiary/aromatic N) is 3. The van der Waals surface area contributed by atoms with Gasteiger partial charge >= 0.3 is 0 Å². The number of hydrogen-bond acceptors (Lipinski definition) is 5. The van der Waals surface area contributed by atoms with E-state index in [1.54, 1.807) is 30.3 Å². The Morgan fingerprint density at radius 3 is 2.42 bits per heavy atom. The maximum atomic E-state index is 12.6. The summed E-state index contributed by atoms with van der Waals surface area (Å²) < 4.78 is 1.85. The zero-order valence-corrected chi connectivity index (χ0v) is 20.1. The molecule has 0 aliphatic heterocycles. The van der Waals surface area contributed by atoms with Gasteiger partial charge in [0.2, 0.25) is 5.91 Å². The van der Waals surface area contributed by atoms with E-state index in [9.17, 15) is 9.59 Å². The third kappa shape index (κ3) is 6.69. The maximum Gasteiger partial charge on any atom is 0.251 e. The fourth-order valence-corrected chi connectivity index (χ4v) is 4.10. The highest BCUT2D eigenvalue weighted by atomic mass is 35.5. The lowest BCUT2D eigenvalue weighted by atomic mass is 10.1. The standard InChI is InChI=1S/C24H26ClN5O2S/c1-4-14-30-22(17(3)27-23(32)19-10-12-20(25)13-11-19)28-29-24(30)33-15-21(31)26-16(2)18-8-6-5-7-9-18/h4-13,16-17H,1,14-15H2,2-3H3,(H,26,31)(H,27,32)/t16-,17-/m1/s1. The Morgan fingerprint density at radius 2 is 1.76 bits per heavy atom. The van der Waals surface area contributed by atoms with Crippen molar-refractivity contribution in [3.05, 3.63) is 89.2 Å². The summed E-state index contributed by atoms with van der Waals surface area (Å²) in [7, 11) is 0. The number of amides is 2. The van der Waals surface area contributed by atoms with E-state index in [1.165, 1.54) is 11.8 Å². The predicted molar refractivity (Wildman–Crippen MR) is 131 cm³/mol. The number of thioether (sulfide) groups is 1. The quantitative estimate of drug-likeness (QED) is 0.325. The van der Waals surface area contributed by atoms with Crippen LogP contribution in [0.25, 0.3) is 0 Å². The van der Waals surface area contributed by atoms with Crippen molar-refractivity contribution in [1.82, 2.24) is 25.4 Å². The highest BCUT2D eigenvalue weighted by molar-refractivity contribution is 7.99. The van der Waals surface area contributed by atoms with Gasteiger partial charge in [-0.15, -0.1) is 16.8 Å². The number of halogens is 1. The van der Waals surface area contributed by atoms with Gasteiger partial charge in [-0.05, 0) is 43.7 Å². The zero-order chi connectivity index (χ0) is 23.8. The molecule has 0 bridgehead atoms. The molecule has 0 aliphatic rings. The van der Waals surface area contributed by atoms with Crippen molar-refractivity contribution in [1.29, 1.82) is 0 Å². The third-order valence-electron chi connectivity index (χ3n) is 4.91. The van der Waals surface area contributed by atoms with Crippen molar-refractivity contribution < 1.29 is 9.59 Å². The normalized spacial score (nSPS) is 12.6. The van der Waals surface area contributed by atoms with Gasteiger partial charge in [-0.2, -0.15) is 0 Å². The highest BCUT2D eigenvalue weighted by Gasteiger charge is 2.21. The molecule has 33 heavy (non-hydrogen) atoms. The average molecular weight is 484 g/mol. The van der Waals surface area contributed by atoms with Crippen LogP contribution >= 0.6 is 23.4 Å². The first-order chi connectivity index (χ1) is 15.9. The Balaban J connectivity index is 1.63.